The summed E-state index contributed by atoms with van der Waals surface area (Å²) >= 11 is 0. The number of amides is 2. The van der Waals surface area contributed by atoms with Gasteiger partial charge in [-0.15, -0.1) is 0 Å². The third-order valence-corrected chi connectivity index (χ3v) is 2.10. The lowest BCUT2D eigenvalue weighted by Crippen LogP contribution is -2.43. The fourth-order valence-electron chi connectivity index (χ4n) is 1.23. The summed E-state index contributed by atoms with van der Waals surface area (Å²) in [5.41, 5.74) is 4.08. The Hall–Kier alpha value is -2.58. The third kappa shape index (κ3) is 3.69. The van der Waals surface area contributed by atoms with Crippen LogP contribution in [0.4, 0.5) is 8.78 Å². The van der Waals surface area contributed by atoms with Crippen LogP contribution in [0.1, 0.15) is 16.8 Å². The van der Waals surface area contributed by atoms with Crippen LogP contribution in [0.5, 0.6) is 0 Å². The lowest BCUT2D eigenvalue weighted by Gasteiger charge is -2.12. The molecule has 2 amide bonds. The first-order valence-electron chi connectivity index (χ1n) is 4.95. The van der Waals surface area contributed by atoms with Crippen molar-refractivity contribution in [3.8, 4) is 0 Å². The average molecular weight is 273 g/mol. The van der Waals surface area contributed by atoms with Crippen LogP contribution >= 0.6 is 0 Å². The number of aliphatic carboxylic acids is 1. The van der Waals surface area contributed by atoms with Crippen molar-refractivity contribution in [1.29, 1.82) is 0 Å². The quantitative estimate of drug-likeness (QED) is 0.619. The van der Waals surface area contributed by atoms with Crippen LogP contribution < -0.4 is 11.1 Å². The van der Waals surface area contributed by atoms with Crippen LogP contribution in [0.25, 0.3) is 0 Å². The molecule has 1 aromatic rings. The van der Waals surface area contributed by atoms with Gasteiger partial charge in [-0.3, -0.25) is 9.59 Å². The predicted octanol–water partition coefficient (Wildman–Crippen LogP) is -0.582. The lowest BCUT2D eigenvalue weighted by atomic mass is 10.1. The van der Waals surface area contributed by atoms with Gasteiger partial charge in [0.1, 0.15) is 6.04 Å². The van der Waals surface area contributed by atoms with Gasteiger partial charge in [0.2, 0.25) is 11.9 Å². The number of carboxylic acid groups (broad SMARTS) is 1. The maximum atomic E-state index is 13.2. The molecule has 1 rings (SSSR count). The van der Waals surface area contributed by atoms with Crippen LogP contribution in [0, 0.1) is 11.8 Å². The van der Waals surface area contributed by atoms with E-state index in [0.717, 1.165) is 12.3 Å². The van der Waals surface area contributed by atoms with E-state index in [-0.39, 0.29) is 0 Å². The second kappa shape index (κ2) is 5.85. The monoisotopic (exact) mass is 273 g/mol. The number of rotatable bonds is 5. The van der Waals surface area contributed by atoms with Crippen LogP contribution in [-0.4, -0.2) is 33.9 Å². The summed E-state index contributed by atoms with van der Waals surface area (Å²) in [6, 6.07) is -0.752. The molecule has 0 aromatic carbocycles. The molecule has 1 unspecified atom stereocenters. The van der Waals surface area contributed by atoms with E-state index in [1.165, 1.54) is 0 Å². The first-order valence-corrected chi connectivity index (χ1v) is 4.95. The Bertz CT molecular complexity index is 536. The number of aromatic nitrogens is 1. The zero-order valence-electron chi connectivity index (χ0n) is 9.39. The highest BCUT2D eigenvalue weighted by Gasteiger charge is 2.25. The number of primary amides is 1. The molecule has 0 spiro atoms. The van der Waals surface area contributed by atoms with E-state index in [4.69, 9.17) is 10.8 Å². The molecule has 0 bridgehead atoms. The molecular formula is C10H9F2N3O4. The van der Waals surface area contributed by atoms with Crippen molar-refractivity contribution in [2.24, 2.45) is 5.73 Å². The van der Waals surface area contributed by atoms with E-state index in [2.05, 4.69) is 4.98 Å². The summed E-state index contributed by atoms with van der Waals surface area (Å²) < 4.78 is 26.0. The molecule has 9 heteroatoms. The zero-order valence-corrected chi connectivity index (χ0v) is 9.39. The van der Waals surface area contributed by atoms with Gasteiger partial charge in [0, 0.05) is 6.20 Å². The van der Waals surface area contributed by atoms with Gasteiger partial charge < -0.3 is 16.2 Å². The number of carbonyl (C=O) groups excluding carboxylic acids is 2. The number of nitrogens with zero attached hydrogens (tertiary/aromatic N) is 1. The van der Waals surface area contributed by atoms with Crippen molar-refractivity contribution in [3.63, 3.8) is 0 Å². The highest BCUT2D eigenvalue weighted by Crippen LogP contribution is 2.09. The van der Waals surface area contributed by atoms with Gasteiger partial charge in [-0.05, 0) is 6.07 Å². The van der Waals surface area contributed by atoms with Crippen molar-refractivity contribution in [2.45, 2.75) is 12.5 Å². The van der Waals surface area contributed by atoms with Gasteiger partial charge >= 0.3 is 5.97 Å². The second-order valence-corrected chi connectivity index (χ2v) is 3.50. The number of nitrogens with one attached hydrogen (secondary N) is 1. The maximum absolute atomic E-state index is 13.2. The predicted molar refractivity (Wildman–Crippen MR) is 56.9 cm³/mol. The van der Waals surface area contributed by atoms with Gasteiger partial charge in [0.25, 0.3) is 5.91 Å². The number of nitrogens with two attached hydrogens (primary N) is 1. The van der Waals surface area contributed by atoms with E-state index in [1.807, 2.05) is 5.32 Å². The molecule has 4 N–H and O–H groups in total. The van der Waals surface area contributed by atoms with E-state index in [0.29, 0.717) is 0 Å². The molecule has 1 aromatic heterocycles. The first kappa shape index (κ1) is 14.5. The largest absolute Gasteiger partial charge is 0.480 e. The number of halogens is 2. The average Bonchev–Trinajstić information content (AvgIpc) is 2.31. The van der Waals surface area contributed by atoms with Gasteiger partial charge in [-0.2, -0.15) is 4.39 Å². The molecule has 0 saturated carbocycles. The van der Waals surface area contributed by atoms with E-state index < -0.39 is 47.6 Å². The normalized spacial score (nSPS) is 11.7. The minimum absolute atomic E-state index is 0.670. The zero-order chi connectivity index (χ0) is 14.6. The smallest absolute Gasteiger partial charge is 0.326 e. The molecule has 0 aliphatic rings. The molecule has 19 heavy (non-hydrogen) atoms. The fourth-order valence-corrected chi connectivity index (χ4v) is 1.23. The minimum Gasteiger partial charge on any atom is -0.480 e. The van der Waals surface area contributed by atoms with E-state index in [9.17, 15) is 23.2 Å². The molecule has 0 saturated heterocycles. The van der Waals surface area contributed by atoms with E-state index >= 15 is 0 Å². The van der Waals surface area contributed by atoms with Crippen LogP contribution in [0.3, 0.4) is 0 Å². The summed E-state index contributed by atoms with van der Waals surface area (Å²) in [6.45, 7) is 0. The van der Waals surface area contributed by atoms with Gasteiger partial charge in [0.15, 0.2) is 5.82 Å². The standard InChI is InChI=1S/C10H9F2N3O4/c11-7-4(1-2-14-8(7)12)9(17)15-5(10(18)19)3-6(13)16/h1-2,5H,3H2,(H2,13,16)(H,15,17)(H,18,19). The number of pyridine rings is 1. The Morgan fingerprint density at radius 1 is 1.42 bits per heavy atom. The van der Waals surface area contributed by atoms with Gasteiger partial charge in [0.05, 0.1) is 12.0 Å². The molecule has 1 atom stereocenters. The van der Waals surface area contributed by atoms with Crippen molar-refractivity contribution in [3.05, 3.63) is 29.6 Å². The van der Waals surface area contributed by atoms with Crippen molar-refractivity contribution in [2.75, 3.05) is 0 Å². The Kier molecular flexibility index (Phi) is 4.46. The van der Waals surface area contributed by atoms with Gasteiger partial charge in [-0.25, -0.2) is 14.2 Å². The summed E-state index contributed by atoms with van der Waals surface area (Å²) in [5, 5.41) is 10.6. The van der Waals surface area contributed by atoms with E-state index in [1.54, 1.807) is 0 Å². The summed E-state index contributed by atoms with van der Waals surface area (Å²) in [6.07, 6.45) is 0.174. The number of carboxylic acids is 1. The molecule has 0 fully saturated rings. The van der Waals surface area contributed by atoms with Crippen molar-refractivity contribution < 1.29 is 28.3 Å². The first-order chi connectivity index (χ1) is 8.82. The Morgan fingerprint density at radius 2 is 2.05 bits per heavy atom. The van der Waals surface area contributed by atoms with Crippen LogP contribution in [0.2, 0.25) is 0 Å². The molecule has 0 aliphatic carbocycles. The summed E-state index contributed by atoms with van der Waals surface area (Å²) in [7, 11) is 0. The van der Waals surface area contributed by atoms with Crippen molar-refractivity contribution in [1.82, 2.24) is 10.3 Å². The van der Waals surface area contributed by atoms with Crippen LogP contribution in [-0.2, 0) is 9.59 Å². The minimum atomic E-state index is -1.62. The summed E-state index contributed by atoms with van der Waals surface area (Å²) in [4.78, 5) is 35.9. The fraction of sp³-hybridized carbons (Fsp3) is 0.200. The Balaban J connectivity index is 2.91. The topological polar surface area (TPSA) is 122 Å². The highest BCUT2D eigenvalue weighted by atomic mass is 19.2. The lowest BCUT2D eigenvalue weighted by molar-refractivity contribution is -0.140. The summed E-state index contributed by atoms with van der Waals surface area (Å²) in [5.74, 6) is -6.68. The highest BCUT2D eigenvalue weighted by molar-refractivity contribution is 5.97. The Labute approximate surface area is 105 Å². The Morgan fingerprint density at radius 3 is 2.58 bits per heavy atom. The SMILES string of the molecule is NC(=O)CC(NC(=O)c1ccnc(F)c1F)C(=O)O. The maximum Gasteiger partial charge on any atom is 0.326 e. The van der Waals surface area contributed by atoms with Crippen LogP contribution in [0.15, 0.2) is 12.3 Å². The molecule has 102 valence electrons. The molecule has 0 aliphatic heterocycles. The van der Waals surface area contributed by atoms with Gasteiger partial charge in [-0.1, -0.05) is 0 Å². The molecule has 0 radical (unpaired) electrons. The number of hydrogen-bond acceptors (Lipinski definition) is 4. The number of hydrogen-bond donors (Lipinski definition) is 3. The third-order valence-electron chi connectivity index (χ3n) is 2.10. The molecular weight excluding hydrogens is 264 g/mol. The molecule has 1 heterocycles. The van der Waals surface area contributed by atoms with Crippen molar-refractivity contribution >= 4 is 17.8 Å². The molecule has 7 nitrogen and oxygen atoms in total. The second-order valence-electron chi connectivity index (χ2n) is 3.50. The number of carbonyl (C=O) groups is 3.